The lowest BCUT2D eigenvalue weighted by Gasteiger charge is -2.35. The fourth-order valence-corrected chi connectivity index (χ4v) is 3.52. The number of carbonyl (C=O) groups is 1. The first-order chi connectivity index (χ1) is 13.0. The number of carbonyl (C=O) groups excluding carboxylic acids is 1. The number of likely N-dealkylation sites (tertiary alicyclic amines) is 1. The van der Waals surface area contributed by atoms with Crippen molar-refractivity contribution < 1.29 is 14.4 Å². The van der Waals surface area contributed by atoms with Gasteiger partial charge in [0.15, 0.2) is 5.82 Å². The molecule has 27 heavy (non-hydrogen) atoms. The first-order valence-electron chi connectivity index (χ1n) is 9.28. The molecule has 3 heterocycles. The van der Waals surface area contributed by atoms with E-state index in [9.17, 15) is 14.7 Å². The summed E-state index contributed by atoms with van der Waals surface area (Å²) in [5.74, 6) is 1.09. The van der Waals surface area contributed by atoms with Crippen molar-refractivity contribution in [1.29, 1.82) is 0 Å². The molecule has 9 nitrogen and oxygen atoms in total. The molecular weight excluding hydrogens is 350 g/mol. The van der Waals surface area contributed by atoms with Gasteiger partial charge in [-0.15, -0.1) is 0 Å². The molecule has 0 aliphatic carbocycles. The zero-order valence-electron chi connectivity index (χ0n) is 15.7. The van der Waals surface area contributed by atoms with Crippen molar-refractivity contribution in [2.45, 2.75) is 58.5 Å². The predicted octanol–water partition coefficient (Wildman–Crippen LogP) is 1.06. The average Bonchev–Trinajstić information content (AvgIpc) is 3.08. The van der Waals surface area contributed by atoms with E-state index in [2.05, 4.69) is 15.1 Å². The second-order valence-electron chi connectivity index (χ2n) is 6.82. The van der Waals surface area contributed by atoms with Gasteiger partial charge in [-0.2, -0.15) is 4.98 Å². The molecule has 2 aromatic heterocycles. The third-order valence-electron chi connectivity index (χ3n) is 4.96. The lowest BCUT2D eigenvalue weighted by Crippen LogP contribution is -2.44. The third-order valence-corrected chi connectivity index (χ3v) is 4.96. The molecule has 1 N–H and O–H groups in total. The van der Waals surface area contributed by atoms with E-state index in [1.165, 1.54) is 10.8 Å². The van der Waals surface area contributed by atoms with Crippen LogP contribution in [-0.4, -0.2) is 54.8 Å². The van der Waals surface area contributed by atoms with Crippen LogP contribution in [0.2, 0.25) is 0 Å². The highest BCUT2D eigenvalue weighted by molar-refractivity contribution is 5.76. The van der Waals surface area contributed by atoms with Gasteiger partial charge in [0.25, 0.3) is 11.4 Å². The maximum atomic E-state index is 12.8. The van der Waals surface area contributed by atoms with Gasteiger partial charge in [-0.05, 0) is 39.5 Å². The van der Waals surface area contributed by atoms with Crippen LogP contribution in [0.4, 0.5) is 0 Å². The van der Waals surface area contributed by atoms with Crippen LogP contribution in [0.5, 0.6) is 0 Å². The Balaban J connectivity index is 1.75. The largest absolute Gasteiger partial charge is 0.396 e. The molecule has 9 heteroatoms. The molecule has 1 unspecified atom stereocenters. The molecule has 1 atom stereocenters. The lowest BCUT2D eigenvalue weighted by atomic mass is 9.99. The summed E-state index contributed by atoms with van der Waals surface area (Å²) in [7, 11) is 0. The van der Waals surface area contributed by atoms with Gasteiger partial charge in [0.1, 0.15) is 11.4 Å². The molecule has 1 saturated heterocycles. The molecular formula is C18H25N5O4. The fraction of sp³-hybridized carbons (Fsp3) is 0.611. The Morgan fingerprint density at radius 1 is 1.37 bits per heavy atom. The van der Waals surface area contributed by atoms with Gasteiger partial charge < -0.3 is 14.5 Å². The van der Waals surface area contributed by atoms with E-state index in [1.54, 1.807) is 13.8 Å². The lowest BCUT2D eigenvalue weighted by molar-refractivity contribution is -0.135. The van der Waals surface area contributed by atoms with Crippen LogP contribution in [0.15, 0.2) is 15.5 Å². The number of piperidine rings is 1. The third kappa shape index (κ3) is 4.24. The van der Waals surface area contributed by atoms with Crippen molar-refractivity contribution in [2.24, 2.45) is 0 Å². The number of hydrogen-bond acceptors (Lipinski definition) is 7. The SMILES string of the molecule is Cc1noc(-c2cnc(C)n(CCC(=O)N3CCCCC3CCO)c2=O)n1. The standard InChI is InChI=1S/C18H25N5O4/c1-12-20-17(27-21-12)15-11-19-13(2)22(18(15)26)9-6-16(25)23-8-4-3-5-14(23)7-10-24/h11,14,24H,3-10H2,1-2H3. The van der Waals surface area contributed by atoms with E-state index in [0.29, 0.717) is 24.6 Å². The van der Waals surface area contributed by atoms with Crippen LogP contribution < -0.4 is 5.56 Å². The Bertz CT molecular complexity index is 858. The van der Waals surface area contributed by atoms with E-state index in [0.717, 1.165) is 19.3 Å². The second-order valence-corrected chi connectivity index (χ2v) is 6.82. The van der Waals surface area contributed by atoms with Crippen molar-refractivity contribution in [3.8, 4) is 11.5 Å². The number of rotatable bonds is 6. The van der Waals surface area contributed by atoms with Gasteiger partial charge in [0, 0.05) is 38.4 Å². The highest BCUT2D eigenvalue weighted by Crippen LogP contribution is 2.20. The summed E-state index contributed by atoms with van der Waals surface area (Å²) >= 11 is 0. The van der Waals surface area contributed by atoms with Crippen LogP contribution in [0.1, 0.15) is 43.8 Å². The Kier molecular flexibility index (Phi) is 6.00. The number of nitrogens with zero attached hydrogens (tertiary/aromatic N) is 5. The molecule has 1 aliphatic rings. The van der Waals surface area contributed by atoms with E-state index in [1.807, 2.05) is 4.90 Å². The van der Waals surface area contributed by atoms with Gasteiger partial charge in [-0.3, -0.25) is 14.2 Å². The van der Waals surface area contributed by atoms with E-state index < -0.39 is 0 Å². The molecule has 0 aromatic carbocycles. The molecule has 146 valence electrons. The summed E-state index contributed by atoms with van der Waals surface area (Å²) in [6.45, 7) is 4.41. The smallest absolute Gasteiger partial charge is 0.266 e. The molecule has 3 rings (SSSR count). The Morgan fingerprint density at radius 3 is 2.89 bits per heavy atom. The zero-order chi connectivity index (χ0) is 19.4. The van der Waals surface area contributed by atoms with Crippen molar-refractivity contribution in [3.63, 3.8) is 0 Å². The van der Waals surface area contributed by atoms with Gasteiger partial charge in [0.2, 0.25) is 5.91 Å². The number of aromatic nitrogens is 4. The molecule has 2 aromatic rings. The van der Waals surface area contributed by atoms with E-state index >= 15 is 0 Å². The zero-order valence-corrected chi connectivity index (χ0v) is 15.7. The number of aliphatic hydroxyl groups excluding tert-OH is 1. The summed E-state index contributed by atoms with van der Waals surface area (Å²) in [6, 6.07) is 0.0832. The van der Waals surface area contributed by atoms with Gasteiger partial charge in [-0.1, -0.05) is 5.16 Å². The van der Waals surface area contributed by atoms with Crippen LogP contribution in [0, 0.1) is 13.8 Å². The molecule has 0 saturated carbocycles. The van der Waals surface area contributed by atoms with Crippen molar-refractivity contribution >= 4 is 5.91 Å². The summed E-state index contributed by atoms with van der Waals surface area (Å²) in [6.07, 6.45) is 5.18. The molecule has 0 spiro atoms. The van der Waals surface area contributed by atoms with Gasteiger partial charge in [-0.25, -0.2) is 4.98 Å². The number of amides is 1. The van der Waals surface area contributed by atoms with Crippen LogP contribution in [0.3, 0.4) is 0 Å². The van der Waals surface area contributed by atoms with Crippen molar-refractivity contribution in [1.82, 2.24) is 24.6 Å². The minimum absolute atomic E-state index is 0.00140. The fourth-order valence-electron chi connectivity index (χ4n) is 3.52. The average molecular weight is 375 g/mol. The first-order valence-corrected chi connectivity index (χ1v) is 9.28. The monoisotopic (exact) mass is 375 g/mol. The molecule has 0 radical (unpaired) electrons. The number of aryl methyl sites for hydroxylation is 2. The predicted molar refractivity (Wildman–Crippen MR) is 96.9 cm³/mol. The van der Waals surface area contributed by atoms with Crippen molar-refractivity contribution in [3.05, 3.63) is 28.2 Å². The van der Waals surface area contributed by atoms with Crippen LogP contribution in [-0.2, 0) is 11.3 Å². The number of aliphatic hydroxyl groups is 1. The summed E-state index contributed by atoms with van der Waals surface area (Å²) in [5, 5.41) is 12.9. The minimum Gasteiger partial charge on any atom is -0.396 e. The quantitative estimate of drug-likeness (QED) is 0.803. The van der Waals surface area contributed by atoms with E-state index in [4.69, 9.17) is 4.52 Å². The molecule has 1 fully saturated rings. The Hall–Kier alpha value is -2.55. The Labute approximate surface area is 157 Å². The van der Waals surface area contributed by atoms with Gasteiger partial charge >= 0.3 is 0 Å². The van der Waals surface area contributed by atoms with Gasteiger partial charge in [0.05, 0.1) is 0 Å². The maximum Gasteiger partial charge on any atom is 0.266 e. The van der Waals surface area contributed by atoms with Crippen LogP contribution >= 0.6 is 0 Å². The Morgan fingerprint density at radius 2 is 2.19 bits per heavy atom. The van der Waals surface area contributed by atoms with E-state index in [-0.39, 0.29) is 48.5 Å². The molecule has 0 bridgehead atoms. The summed E-state index contributed by atoms with van der Waals surface area (Å²) in [5.41, 5.74) is -0.0747. The molecule has 1 amide bonds. The molecule has 1 aliphatic heterocycles. The topological polar surface area (TPSA) is 114 Å². The maximum absolute atomic E-state index is 12.8. The second kappa shape index (κ2) is 8.43. The first kappa shape index (κ1) is 19.2. The number of hydrogen-bond donors (Lipinski definition) is 1. The highest BCUT2D eigenvalue weighted by Gasteiger charge is 2.26. The normalized spacial score (nSPS) is 17.3. The highest BCUT2D eigenvalue weighted by atomic mass is 16.5. The summed E-state index contributed by atoms with van der Waals surface area (Å²) < 4.78 is 6.54. The van der Waals surface area contributed by atoms with Crippen LogP contribution in [0.25, 0.3) is 11.5 Å². The summed E-state index contributed by atoms with van der Waals surface area (Å²) in [4.78, 5) is 35.7. The minimum atomic E-state index is -0.301. The van der Waals surface area contributed by atoms with Crippen molar-refractivity contribution in [2.75, 3.05) is 13.2 Å².